The molecule has 0 aliphatic carbocycles. The van der Waals surface area contributed by atoms with Crippen molar-refractivity contribution in [3.8, 4) is 28.1 Å². The highest BCUT2D eigenvalue weighted by Crippen LogP contribution is 2.31. The number of amides is 1. The molecule has 1 unspecified atom stereocenters. The second-order valence-corrected chi connectivity index (χ2v) is 8.48. The van der Waals surface area contributed by atoms with E-state index in [9.17, 15) is 14.3 Å². The SMILES string of the molecule is CC(CCc1cc(-c2cn(C)nc2-c2ccc(F)cc2)ccn1)CNC(=O)c1ccccc1O. The van der Waals surface area contributed by atoms with Crippen molar-refractivity contribution in [3.63, 3.8) is 0 Å². The number of carbonyl (C=O) groups is 1. The van der Waals surface area contributed by atoms with Crippen molar-refractivity contribution in [3.05, 3.63) is 90.1 Å². The average Bonchev–Trinajstić information content (AvgIpc) is 3.24. The first kappa shape index (κ1) is 23.2. The summed E-state index contributed by atoms with van der Waals surface area (Å²) in [6.45, 7) is 2.58. The molecule has 1 amide bonds. The summed E-state index contributed by atoms with van der Waals surface area (Å²) in [5.74, 6) is -0.356. The smallest absolute Gasteiger partial charge is 0.255 e. The van der Waals surface area contributed by atoms with Gasteiger partial charge in [0.05, 0.1) is 5.56 Å². The lowest BCUT2D eigenvalue weighted by molar-refractivity contribution is 0.0945. The summed E-state index contributed by atoms with van der Waals surface area (Å²) in [5.41, 5.74) is 4.82. The van der Waals surface area contributed by atoms with Crippen LogP contribution in [0.25, 0.3) is 22.4 Å². The van der Waals surface area contributed by atoms with Gasteiger partial charge >= 0.3 is 0 Å². The number of benzene rings is 2. The quantitative estimate of drug-likeness (QED) is 0.390. The van der Waals surface area contributed by atoms with Crippen LogP contribution in [0.4, 0.5) is 4.39 Å². The molecule has 0 fully saturated rings. The number of carbonyl (C=O) groups excluding carboxylic acids is 1. The zero-order chi connectivity index (χ0) is 24.1. The number of hydrogen-bond acceptors (Lipinski definition) is 4. The van der Waals surface area contributed by atoms with Crippen molar-refractivity contribution in [2.24, 2.45) is 13.0 Å². The van der Waals surface area contributed by atoms with Crippen LogP contribution in [0.2, 0.25) is 0 Å². The van der Waals surface area contributed by atoms with Crippen LogP contribution in [0.5, 0.6) is 5.75 Å². The minimum atomic E-state index is -0.282. The van der Waals surface area contributed by atoms with Crippen molar-refractivity contribution >= 4 is 5.91 Å². The highest BCUT2D eigenvalue weighted by atomic mass is 19.1. The van der Waals surface area contributed by atoms with Gasteiger partial charge < -0.3 is 10.4 Å². The number of hydrogen-bond donors (Lipinski definition) is 2. The molecular formula is C27H27FN4O2. The van der Waals surface area contributed by atoms with E-state index in [-0.39, 0.29) is 29.0 Å². The average molecular weight is 459 g/mol. The molecule has 4 aromatic rings. The van der Waals surface area contributed by atoms with Crippen molar-refractivity contribution < 1.29 is 14.3 Å². The minimum Gasteiger partial charge on any atom is -0.507 e. The van der Waals surface area contributed by atoms with Crippen molar-refractivity contribution in [1.82, 2.24) is 20.1 Å². The largest absolute Gasteiger partial charge is 0.507 e. The van der Waals surface area contributed by atoms with Crippen LogP contribution in [0.3, 0.4) is 0 Å². The molecule has 174 valence electrons. The number of phenolic OH excluding ortho intramolecular Hbond substituents is 1. The van der Waals surface area contributed by atoms with Crippen LogP contribution < -0.4 is 5.32 Å². The minimum absolute atomic E-state index is 0.0240. The molecule has 0 spiro atoms. The summed E-state index contributed by atoms with van der Waals surface area (Å²) >= 11 is 0. The number of nitrogens with one attached hydrogen (secondary N) is 1. The van der Waals surface area contributed by atoms with E-state index in [0.717, 1.165) is 40.9 Å². The zero-order valence-electron chi connectivity index (χ0n) is 19.2. The molecule has 0 saturated heterocycles. The van der Waals surface area contributed by atoms with Crippen LogP contribution in [-0.4, -0.2) is 32.3 Å². The molecule has 2 heterocycles. The number of pyridine rings is 1. The first-order chi connectivity index (χ1) is 16.4. The Morgan fingerprint density at radius 3 is 2.65 bits per heavy atom. The predicted octanol–water partition coefficient (Wildman–Crippen LogP) is 4.99. The lowest BCUT2D eigenvalue weighted by atomic mass is 9.99. The van der Waals surface area contributed by atoms with Gasteiger partial charge in [-0.3, -0.25) is 14.5 Å². The first-order valence-electron chi connectivity index (χ1n) is 11.2. The molecule has 0 radical (unpaired) electrons. The van der Waals surface area contributed by atoms with Crippen molar-refractivity contribution in [2.75, 3.05) is 6.54 Å². The molecule has 2 aromatic heterocycles. The summed E-state index contributed by atoms with van der Waals surface area (Å²) in [6.07, 6.45) is 5.34. The van der Waals surface area contributed by atoms with E-state index in [1.54, 1.807) is 41.2 Å². The summed E-state index contributed by atoms with van der Waals surface area (Å²) in [7, 11) is 1.86. The van der Waals surface area contributed by atoms with Gasteiger partial charge in [-0.1, -0.05) is 19.1 Å². The molecule has 2 aromatic carbocycles. The number of aryl methyl sites for hydroxylation is 2. The Labute approximate surface area is 198 Å². The number of nitrogens with zero attached hydrogens (tertiary/aromatic N) is 3. The molecule has 0 bridgehead atoms. The standard InChI is InChI=1S/C27H27FN4O2/c1-18(16-30-27(34)23-5-3-4-6-25(23)33)7-12-22-15-20(13-14-29-22)24-17-32(2)31-26(24)19-8-10-21(28)11-9-19/h3-6,8-11,13-15,17-18,33H,7,12,16H2,1-2H3,(H,30,34). The Bertz CT molecular complexity index is 1280. The fraction of sp³-hybridized carbons (Fsp3) is 0.222. The van der Waals surface area contributed by atoms with E-state index in [1.807, 2.05) is 19.3 Å². The van der Waals surface area contributed by atoms with E-state index in [0.29, 0.717) is 6.54 Å². The van der Waals surface area contributed by atoms with E-state index in [1.165, 1.54) is 18.2 Å². The van der Waals surface area contributed by atoms with Crippen LogP contribution in [-0.2, 0) is 13.5 Å². The molecule has 0 aliphatic heterocycles. The second kappa shape index (κ2) is 10.3. The van der Waals surface area contributed by atoms with Crippen LogP contribution in [0, 0.1) is 11.7 Å². The Morgan fingerprint density at radius 1 is 1.12 bits per heavy atom. The lowest BCUT2D eigenvalue weighted by Crippen LogP contribution is -2.28. The van der Waals surface area contributed by atoms with Gasteiger partial charge in [-0.05, 0) is 72.9 Å². The Hall–Kier alpha value is -4.00. The monoisotopic (exact) mass is 458 g/mol. The number of phenols is 1. The highest BCUT2D eigenvalue weighted by molar-refractivity contribution is 5.96. The highest BCUT2D eigenvalue weighted by Gasteiger charge is 2.14. The molecule has 0 aliphatic rings. The summed E-state index contributed by atoms with van der Waals surface area (Å²) in [6, 6.07) is 16.8. The molecule has 34 heavy (non-hydrogen) atoms. The van der Waals surface area contributed by atoms with Crippen molar-refractivity contribution in [2.45, 2.75) is 19.8 Å². The van der Waals surface area contributed by atoms with Crippen molar-refractivity contribution in [1.29, 1.82) is 0 Å². The fourth-order valence-corrected chi connectivity index (χ4v) is 3.83. The Morgan fingerprint density at radius 2 is 1.88 bits per heavy atom. The summed E-state index contributed by atoms with van der Waals surface area (Å²) in [4.78, 5) is 16.8. The topological polar surface area (TPSA) is 80.0 Å². The van der Waals surface area contributed by atoms with Gasteiger partial charge in [-0.2, -0.15) is 5.10 Å². The van der Waals surface area contributed by atoms with E-state index in [2.05, 4.69) is 28.4 Å². The maximum atomic E-state index is 13.4. The maximum absolute atomic E-state index is 13.4. The molecule has 7 heteroatoms. The van der Waals surface area contributed by atoms with Crippen LogP contribution in [0.1, 0.15) is 29.4 Å². The third-order valence-electron chi connectivity index (χ3n) is 5.73. The lowest BCUT2D eigenvalue weighted by Gasteiger charge is -2.13. The number of aromatic hydroxyl groups is 1. The third-order valence-corrected chi connectivity index (χ3v) is 5.73. The van der Waals surface area contributed by atoms with Gasteiger partial charge in [0.1, 0.15) is 17.3 Å². The van der Waals surface area contributed by atoms with E-state index < -0.39 is 0 Å². The van der Waals surface area contributed by atoms with E-state index in [4.69, 9.17) is 0 Å². The molecule has 2 N–H and O–H groups in total. The summed E-state index contributed by atoms with van der Waals surface area (Å²) in [5, 5.41) is 17.3. The number of para-hydroxylation sites is 1. The van der Waals surface area contributed by atoms with E-state index >= 15 is 0 Å². The van der Waals surface area contributed by atoms with Gasteiger partial charge in [0.15, 0.2) is 0 Å². The van der Waals surface area contributed by atoms with Crippen LogP contribution >= 0.6 is 0 Å². The van der Waals surface area contributed by atoms with Gasteiger partial charge in [-0.25, -0.2) is 4.39 Å². The number of rotatable bonds is 8. The fourth-order valence-electron chi connectivity index (χ4n) is 3.83. The predicted molar refractivity (Wildman–Crippen MR) is 130 cm³/mol. The van der Waals surface area contributed by atoms with Gasteiger partial charge in [0.2, 0.25) is 0 Å². The first-order valence-corrected chi connectivity index (χ1v) is 11.2. The number of halogens is 1. The molecule has 4 rings (SSSR count). The second-order valence-electron chi connectivity index (χ2n) is 8.48. The summed E-state index contributed by atoms with van der Waals surface area (Å²) < 4.78 is 15.1. The molecule has 1 atom stereocenters. The third kappa shape index (κ3) is 5.49. The number of aromatic nitrogens is 3. The normalized spacial score (nSPS) is 11.9. The molecular weight excluding hydrogens is 431 g/mol. The molecule has 6 nitrogen and oxygen atoms in total. The zero-order valence-corrected chi connectivity index (χ0v) is 19.2. The van der Waals surface area contributed by atoms with Crippen LogP contribution in [0.15, 0.2) is 73.1 Å². The Balaban J connectivity index is 1.40. The van der Waals surface area contributed by atoms with Gasteiger partial charge in [-0.15, -0.1) is 0 Å². The van der Waals surface area contributed by atoms with Gasteiger partial charge in [0.25, 0.3) is 5.91 Å². The van der Waals surface area contributed by atoms with Gasteiger partial charge in [0, 0.05) is 42.8 Å². The maximum Gasteiger partial charge on any atom is 0.255 e. The molecule has 0 saturated carbocycles. The Kier molecular flexibility index (Phi) is 7.01.